The van der Waals surface area contributed by atoms with Gasteiger partial charge in [-0.3, -0.25) is 10.1 Å². The average molecular weight is 288 g/mol. The van der Waals surface area contributed by atoms with Gasteiger partial charge in [0.05, 0.1) is 11.0 Å². The van der Waals surface area contributed by atoms with Gasteiger partial charge in [-0.15, -0.1) is 0 Å². The molecule has 0 bridgehead atoms. The number of aryl methyl sites for hydroxylation is 3. The molecule has 1 atom stereocenters. The highest BCUT2D eigenvalue weighted by molar-refractivity contribution is 5.60. The normalized spacial score (nSPS) is 12.2. The van der Waals surface area contributed by atoms with E-state index in [9.17, 15) is 10.1 Å². The molecular formula is C15H20N4O2. The highest BCUT2D eigenvalue weighted by Gasteiger charge is 2.26. The number of rotatable bonds is 5. The van der Waals surface area contributed by atoms with Gasteiger partial charge in [0, 0.05) is 6.54 Å². The summed E-state index contributed by atoms with van der Waals surface area (Å²) in [7, 11) is 0. The minimum absolute atomic E-state index is 0.0358. The molecule has 1 heterocycles. The van der Waals surface area contributed by atoms with Crippen LogP contribution in [0.2, 0.25) is 0 Å². The molecule has 0 saturated heterocycles. The predicted molar refractivity (Wildman–Crippen MR) is 82.5 cm³/mol. The number of hydrogen-bond acceptors (Lipinski definition) is 4. The summed E-state index contributed by atoms with van der Waals surface area (Å²) < 4.78 is 1.64. The van der Waals surface area contributed by atoms with Crippen LogP contribution in [0, 0.1) is 24.0 Å². The summed E-state index contributed by atoms with van der Waals surface area (Å²) in [6.07, 6.45) is 0. The first kappa shape index (κ1) is 15.0. The third-order valence-corrected chi connectivity index (χ3v) is 3.59. The summed E-state index contributed by atoms with van der Waals surface area (Å²) >= 11 is 0. The first-order valence-electron chi connectivity index (χ1n) is 6.99. The van der Waals surface area contributed by atoms with E-state index in [-0.39, 0.29) is 16.7 Å². The van der Waals surface area contributed by atoms with Crippen molar-refractivity contribution in [2.45, 2.75) is 40.3 Å². The maximum Gasteiger partial charge on any atom is 0.333 e. The summed E-state index contributed by atoms with van der Waals surface area (Å²) in [4.78, 5) is 10.9. The second kappa shape index (κ2) is 5.95. The van der Waals surface area contributed by atoms with Crippen LogP contribution in [0.1, 0.15) is 36.7 Å². The van der Waals surface area contributed by atoms with Crippen LogP contribution in [-0.2, 0) is 6.54 Å². The lowest BCUT2D eigenvalue weighted by molar-refractivity contribution is -0.384. The summed E-state index contributed by atoms with van der Waals surface area (Å²) in [5.41, 5.74) is 2.76. The van der Waals surface area contributed by atoms with Gasteiger partial charge in [0.1, 0.15) is 5.69 Å². The number of benzene rings is 1. The first-order chi connectivity index (χ1) is 9.95. The van der Waals surface area contributed by atoms with Crippen LogP contribution in [0.4, 0.5) is 11.5 Å². The molecule has 1 aromatic heterocycles. The van der Waals surface area contributed by atoms with Crippen molar-refractivity contribution in [2.24, 2.45) is 0 Å². The number of hydrogen-bond donors (Lipinski definition) is 1. The largest absolute Gasteiger partial charge is 0.358 e. The molecule has 21 heavy (non-hydrogen) atoms. The predicted octanol–water partition coefficient (Wildman–Crippen LogP) is 3.60. The number of anilines is 1. The van der Waals surface area contributed by atoms with E-state index in [1.807, 2.05) is 45.0 Å². The van der Waals surface area contributed by atoms with Crippen LogP contribution in [0.15, 0.2) is 24.3 Å². The van der Waals surface area contributed by atoms with E-state index in [1.165, 1.54) is 0 Å². The Labute approximate surface area is 123 Å². The first-order valence-corrected chi connectivity index (χ1v) is 6.99. The van der Waals surface area contributed by atoms with Gasteiger partial charge in [-0.1, -0.05) is 24.3 Å². The number of nitrogens with one attached hydrogen (secondary N) is 1. The zero-order valence-electron chi connectivity index (χ0n) is 12.8. The van der Waals surface area contributed by atoms with E-state index in [4.69, 9.17) is 0 Å². The third kappa shape index (κ3) is 2.89. The van der Waals surface area contributed by atoms with E-state index in [2.05, 4.69) is 10.4 Å². The summed E-state index contributed by atoms with van der Waals surface area (Å²) in [5, 5.41) is 18.7. The van der Waals surface area contributed by atoms with Crippen LogP contribution in [0.25, 0.3) is 0 Å². The van der Waals surface area contributed by atoms with Crippen molar-refractivity contribution in [2.75, 3.05) is 5.32 Å². The maximum atomic E-state index is 11.3. The molecule has 0 radical (unpaired) electrons. The van der Waals surface area contributed by atoms with Crippen molar-refractivity contribution < 1.29 is 4.92 Å². The fourth-order valence-corrected chi connectivity index (χ4v) is 2.52. The van der Waals surface area contributed by atoms with Crippen LogP contribution < -0.4 is 5.32 Å². The fourth-order valence-electron chi connectivity index (χ4n) is 2.52. The Morgan fingerprint density at radius 3 is 2.62 bits per heavy atom. The van der Waals surface area contributed by atoms with Crippen molar-refractivity contribution in [1.29, 1.82) is 0 Å². The van der Waals surface area contributed by atoms with E-state index in [1.54, 1.807) is 11.6 Å². The van der Waals surface area contributed by atoms with E-state index in [0.717, 1.165) is 11.1 Å². The molecule has 0 aliphatic rings. The van der Waals surface area contributed by atoms with Crippen molar-refractivity contribution >= 4 is 11.5 Å². The molecule has 0 spiro atoms. The Hall–Kier alpha value is -2.37. The maximum absolute atomic E-state index is 11.3. The Morgan fingerprint density at radius 2 is 2.05 bits per heavy atom. The molecule has 1 unspecified atom stereocenters. The van der Waals surface area contributed by atoms with E-state index < -0.39 is 0 Å². The average Bonchev–Trinajstić information content (AvgIpc) is 2.75. The molecule has 6 nitrogen and oxygen atoms in total. The molecule has 6 heteroatoms. The minimum atomic E-state index is -0.374. The molecule has 0 saturated carbocycles. The SMILES string of the molecule is CCn1nc(C)c([N+](=O)[O-])c1NC(C)c1ccccc1C. The molecule has 2 rings (SSSR count). The number of nitro groups is 1. The lowest BCUT2D eigenvalue weighted by atomic mass is 10.0. The summed E-state index contributed by atoms with van der Waals surface area (Å²) in [6.45, 7) is 8.18. The topological polar surface area (TPSA) is 73.0 Å². The minimum Gasteiger partial charge on any atom is -0.358 e. The smallest absolute Gasteiger partial charge is 0.333 e. The highest BCUT2D eigenvalue weighted by Crippen LogP contribution is 2.31. The third-order valence-electron chi connectivity index (χ3n) is 3.59. The van der Waals surface area contributed by atoms with Gasteiger partial charge < -0.3 is 5.32 Å². The van der Waals surface area contributed by atoms with Crippen molar-refractivity contribution in [3.63, 3.8) is 0 Å². The quantitative estimate of drug-likeness (QED) is 0.674. The van der Waals surface area contributed by atoms with Crippen molar-refractivity contribution in [3.8, 4) is 0 Å². The van der Waals surface area contributed by atoms with Crippen molar-refractivity contribution in [1.82, 2.24) is 9.78 Å². The van der Waals surface area contributed by atoms with Crippen LogP contribution in [0.5, 0.6) is 0 Å². The molecule has 2 aromatic rings. The van der Waals surface area contributed by atoms with Crippen molar-refractivity contribution in [3.05, 3.63) is 51.2 Å². The lowest BCUT2D eigenvalue weighted by Crippen LogP contribution is -2.13. The zero-order chi connectivity index (χ0) is 15.6. The molecule has 0 aliphatic heterocycles. The van der Waals surface area contributed by atoms with Gasteiger partial charge in [0.15, 0.2) is 0 Å². The number of nitrogens with zero attached hydrogens (tertiary/aromatic N) is 3. The second-order valence-electron chi connectivity index (χ2n) is 5.08. The highest BCUT2D eigenvalue weighted by atomic mass is 16.6. The Kier molecular flexibility index (Phi) is 4.26. The Morgan fingerprint density at radius 1 is 1.38 bits per heavy atom. The molecular weight excluding hydrogens is 268 g/mol. The Bertz CT molecular complexity index is 664. The fraction of sp³-hybridized carbons (Fsp3) is 0.400. The van der Waals surface area contributed by atoms with Gasteiger partial charge >= 0.3 is 5.69 Å². The Balaban J connectivity index is 2.39. The zero-order valence-corrected chi connectivity index (χ0v) is 12.8. The molecule has 1 N–H and O–H groups in total. The van der Waals surface area contributed by atoms with Gasteiger partial charge in [0.25, 0.3) is 0 Å². The molecule has 112 valence electrons. The van der Waals surface area contributed by atoms with Crippen LogP contribution >= 0.6 is 0 Å². The van der Waals surface area contributed by atoms with E-state index >= 15 is 0 Å². The van der Waals surface area contributed by atoms with Crippen LogP contribution in [0.3, 0.4) is 0 Å². The standard InChI is InChI=1S/C15H20N4O2/c1-5-18-15(14(19(20)21)12(4)17-18)16-11(3)13-9-7-6-8-10(13)2/h6-9,11,16H,5H2,1-4H3. The molecule has 0 fully saturated rings. The molecule has 1 aromatic carbocycles. The summed E-state index contributed by atoms with van der Waals surface area (Å²) in [5.74, 6) is 0.468. The molecule has 0 amide bonds. The van der Waals surface area contributed by atoms with Gasteiger partial charge in [0.2, 0.25) is 5.82 Å². The van der Waals surface area contributed by atoms with Gasteiger partial charge in [-0.25, -0.2) is 4.68 Å². The monoisotopic (exact) mass is 288 g/mol. The number of aromatic nitrogens is 2. The van der Waals surface area contributed by atoms with E-state index in [0.29, 0.717) is 18.1 Å². The second-order valence-corrected chi connectivity index (χ2v) is 5.08. The lowest BCUT2D eigenvalue weighted by Gasteiger charge is -2.17. The van der Waals surface area contributed by atoms with Gasteiger partial charge in [-0.2, -0.15) is 5.10 Å². The van der Waals surface area contributed by atoms with Gasteiger partial charge in [-0.05, 0) is 38.8 Å². The summed E-state index contributed by atoms with van der Waals surface area (Å²) in [6, 6.07) is 7.97. The molecule has 0 aliphatic carbocycles. The van der Waals surface area contributed by atoms with Crippen LogP contribution in [-0.4, -0.2) is 14.7 Å².